The van der Waals surface area contributed by atoms with Crippen LogP contribution < -0.4 is 0 Å². The lowest BCUT2D eigenvalue weighted by Gasteiger charge is -2.41. The molecule has 1 unspecified atom stereocenters. The number of methoxy groups -OCH3 is 3. The summed E-state index contributed by atoms with van der Waals surface area (Å²) in [5, 5.41) is 33.7. The fourth-order valence-electron chi connectivity index (χ4n) is 9.95. The van der Waals surface area contributed by atoms with Crippen molar-refractivity contribution in [1.29, 1.82) is 0 Å². The van der Waals surface area contributed by atoms with Gasteiger partial charge in [-0.05, 0) is 101 Å². The molecule has 0 aromatic rings. The molecule has 3 N–H and O–H groups in total. The Morgan fingerprint density at radius 3 is 2.25 bits per heavy atom. The molecule has 3 heterocycles. The summed E-state index contributed by atoms with van der Waals surface area (Å²) in [6.45, 7) is 12.7. The summed E-state index contributed by atoms with van der Waals surface area (Å²) in [5.41, 5.74) is 1.26. The topological polar surface area (TPSA) is 195 Å². The van der Waals surface area contributed by atoms with E-state index >= 15 is 0 Å². The summed E-state index contributed by atoms with van der Waals surface area (Å²) in [6, 6.07) is -1.13. The van der Waals surface area contributed by atoms with Crippen molar-refractivity contribution in [3.63, 3.8) is 0 Å². The van der Waals surface area contributed by atoms with Crippen molar-refractivity contribution in [3.8, 4) is 0 Å². The van der Waals surface area contributed by atoms with Gasteiger partial charge in [0, 0.05) is 58.5 Å². The molecule has 1 amide bonds. The zero-order valence-corrected chi connectivity index (χ0v) is 39.9. The highest BCUT2D eigenvalue weighted by molar-refractivity contribution is 6.39. The number of hydrogen-bond donors (Lipinski definition) is 3. The van der Waals surface area contributed by atoms with Gasteiger partial charge in [0.1, 0.15) is 30.1 Å². The summed E-state index contributed by atoms with van der Waals surface area (Å²) in [6.07, 6.45) is 10.5. The average molecular weight is 900 g/mol. The van der Waals surface area contributed by atoms with E-state index in [1.807, 2.05) is 58.1 Å². The number of carbonyl (C=O) groups is 5. The molecule has 0 aromatic heterocycles. The normalized spacial score (nSPS) is 40.7. The number of cyclic esters (lactones) is 1. The van der Waals surface area contributed by atoms with Crippen LogP contribution in [0.4, 0.5) is 0 Å². The molecule has 3 fully saturated rings. The molecule has 2 bridgehead atoms. The number of esters is 1. The molecule has 14 nitrogen and oxygen atoms in total. The Labute approximate surface area is 380 Å². The highest BCUT2D eigenvalue weighted by atomic mass is 16.6. The van der Waals surface area contributed by atoms with Crippen molar-refractivity contribution in [2.75, 3.05) is 27.9 Å². The Balaban J connectivity index is 1.68. The van der Waals surface area contributed by atoms with Gasteiger partial charge in [-0.25, -0.2) is 4.79 Å². The number of ether oxygens (including phenoxy) is 5. The minimum atomic E-state index is -2.42. The van der Waals surface area contributed by atoms with Gasteiger partial charge in [0.2, 0.25) is 5.79 Å². The van der Waals surface area contributed by atoms with E-state index in [1.54, 1.807) is 41.1 Å². The zero-order chi connectivity index (χ0) is 47.5. The van der Waals surface area contributed by atoms with Gasteiger partial charge in [0.05, 0.1) is 24.4 Å². The second kappa shape index (κ2) is 24.4. The summed E-state index contributed by atoms with van der Waals surface area (Å²) in [4.78, 5) is 71.2. The lowest BCUT2D eigenvalue weighted by atomic mass is 9.78. The second-order valence-electron chi connectivity index (χ2n) is 19.2. The predicted octanol–water partition coefficient (Wildman–Crippen LogP) is 5.79. The van der Waals surface area contributed by atoms with Crippen molar-refractivity contribution >= 4 is 29.2 Å². The maximum atomic E-state index is 14.2. The second-order valence-corrected chi connectivity index (χ2v) is 19.2. The highest BCUT2D eigenvalue weighted by Gasteiger charge is 2.53. The van der Waals surface area contributed by atoms with Gasteiger partial charge >= 0.3 is 5.97 Å². The van der Waals surface area contributed by atoms with Crippen LogP contribution in [0.3, 0.4) is 0 Å². The number of amides is 1. The van der Waals surface area contributed by atoms with E-state index < -0.39 is 83.9 Å². The van der Waals surface area contributed by atoms with Crippen LogP contribution in [0.25, 0.3) is 0 Å². The number of allylic oxidation sites excluding steroid dienone is 6. The predicted molar refractivity (Wildman–Crippen MR) is 241 cm³/mol. The molecule has 0 radical (unpaired) electrons. The molecular formula is C50H77NO13. The van der Waals surface area contributed by atoms with Crippen molar-refractivity contribution in [1.82, 2.24) is 4.90 Å². The third-order valence-electron chi connectivity index (χ3n) is 14.2. The molecule has 2 saturated heterocycles. The van der Waals surface area contributed by atoms with Crippen LogP contribution >= 0.6 is 0 Å². The van der Waals surface area contributed by atoms with E-state index in [9.17, 15) is 39.3 Å². The minimum absolute atomic E-state index is 0.0199. The Bertz CT molecular complexity index is 1740. The molecule has 15 atom stereocenters. The Morgan fingerprint density at radius 1 is 0.859 bits per heavy atom. The molecule has 14 heteroatoms. The quantitative estimate of drug-likeness (QED) is 0.165. The molecule has 4 aliphatic rings. The summed E-state index contributed by atoms with van der Waals surface area (Å²) in [5.74, 6) is -7.97. The first-order valence-electron chi connectivity index (χ1n) is 23.4. The molecule has 1 saturated carbocycles. The fraction of sp³-hybridized carbons (Fsp3) is 0.740. The Kier molecular flexibility index (Phi) is 20.3. The average Bonchev–Trinajstić information content (AvgIpc) is 3.76. The lowest BCUT2D eigenvalue weighted by molar-refractivity contribution is -0.265. The van der Waals surface area contributed by atoms with E-state index in [1.165, 1.54) is 7.11 Å². The minimum Gasteiger partial charge on any atom is -0.460 e. The van der Waals surface area contributed by atoms with Crippen LogP contribution in [0.1, 0.15) is 119 Å². The molecule has 360 valence electrons. The first kappa shape index (κ1) is 53.2. The highest BCUT2D eigenvalue weighted by Crippen LogP contribution is 2.38. The third-order valence-corrected chi connectivity index (χ3v) is 14.2. The fourth-order valence-corrected chi connectivity index (χ4v) is 9.95. The van der Waals surface area contributed by atoms with E-state index in [2.05, 4.69) is 0 Å². The van der Waals surface area contributed by atoms with Gasteiger partial charge < -0.3 is 43.9 Å². The van der Waals surface area contributed by atoms with Crippen molar-refractivity contribution in [2.24, 2.45) is 35.5 Å². The first-order valence-corrected chi connectivity index (χ1v) is 23.4. The number of fused-ring (bicyclic) bond motifs is 3. The molecule has 3 aliphatic heterocycles. The van der Waals surface area contributed by atoms with Crippen molar-refractivity contribution in [2.45, 2.75) is 174 Å². The number of nitrogens with zero attached hydrogens (tertiary/aromatic N) is 1. The van der Waals surface area contributed by atoms with Gasteiger partial charge in [-0.2, -0.15) is 0 Å². The molecule has 4 rings (SSSR count). The number of carbonyl (C=O) groups excluding carboxylic acids is 5. The standard InChI is InChI=1S/C50H77NO13/c1-29-15-12-11-13-16-30(2)41(60-8)27-37-20-18-35(7)50(59,64-37)47(56)48(57)51-22-14-17-38(51)49(58)63-42(32(4)25-36-19-21-39(52)43(26-36)61-9)28-40(53)31(3)24-34(6)45(55)46(62-10)44(54)33(5)23-29/h11-13,15-16,24,29,31-33,35-39,41-43,45-46,52,55,59H,14,17-23,25-28H2,1-10H3/b13-11+,15-12+,30-16+,34-24+/t29-,31-,32-,33-,35-,36+,37+,38+,39-,41+,42+,43?,45-,46+,50-/m1/s1. The van der Waals surface area contributed by atoms with E-state index in [-0.39, 0.29) is 54.8 Å². The number of aliphatic hydroxyl groups excluding tert-OH is 2. The summed E-state index contributed by atoms with van der Waals surface area (Å²) < 4.78 is 29.2. The van der Waals surface area contributed by atoms with Gasteiger partial charge in [0.25, 0.3) is 11.7 Å². The van der Waals surface area contributed by atoms with Crippen LogP contribution in [0.2, 0.25) is 0 Å². The smallest absolute Gasteiger partial charge is 0.329 e. The number of hydrogen-bond acceptors (Lipinski definition) is 13. The summed E-state index contributed by atoms with van der Waals surface area (Å²) >= 11 is 0. The molecule has 0 aromatic carbocycles. The van der Waals surface area contributed by atoms with E-state index in [0.717, 1.165) is 16.9 Å². The molecular weight excluding hydrogens is 823 g/mol. The number of rotatable bonds is 6. The Morgan fingerprint density at radius 2 is 1.58 bits per heavy atom. The molecule has 64 heavy (non-hydrogen) atoms. The van der Waals surface area contributed by atoms with Gasteiger partial charge in [-0.3, -0.25) is 19.2 Å². The van der Waals surface area contributed by atoms with Crippen LogP contribution in [-0.4, -0.2) is 132 Å². The monoisotopic (exact) mass is 900 g/mol. The van der Waals surface area contributed by atoms with Gasteiger partial charge in [-0.1, -0.05) is 71.1 Å². The van der Waals surface area contributed by atoms with Crippen LogP contribution in [0, 0.1) is 35.5 Å². The Hall–Kier alpha value is -3.37. The maximum Gasteiger partial charge on any atom is 0.329 e. The number of ketones is 3. The van der Waals surface area contributed by atoms with Crippen molar-refractivity contribution < 1.29 is 63.0 Å². The number of Topliss-reactive ketones (excluding diaryl/α,β-unsaturated/α-hetero) is 3. The molecule has 1 aliphatic carbocycles. The lowest BCUT2D eigenvalue weighted by Crippen LogP contribution is -2.59. The largest absolute Gasteiger partial charge is 0.460 e. The van der Waals surface area contributed by atoms with Crippen LogP contribution in [0.15, 0.2) is 47.6 Å². The van der Waals surface area contributed by atoms with Gasteiger partial charge in [0.15, 0.2) is 5.78 Å². The summed E-state index contributed by atoms with van der Waals surface area (Å²) in [7, 11) is 4.51. The number of aliphatic hydroxyl groups is 3. The SMILES string of the molecule is COC1C[C@H](C[C@@H](C)[C@@H]2CC(=O)[C@H](C)/C=C(\C)[C@@H](O)[C@@H](OC)C(=O)[C@H](C)C[C@H](C)/C=C/C=C/C=C(\C)[C@@H](OC)C[C@@H]3CC[C@@H](C)[C@@](O)(O3)C(=O)C(=O)N3CCC[C@H]3C(=O)O2)CC[C@H]1O. The van der Waals surface area contributed by atoms with E-state index in [0.29, 0.717) is 56.9 Å². The first-order chi connectivity index (χ1) is 30.2. The molecule has 0 spiro atoms. The van der Waals surface area contributed by atoms with Crippen LogP contribution in [-0.2, 0) is 47.7 Å². The van der Waals surface area contributed by atoms with Crippen LogP contribution in [0.5, 0.6) is 0 Å². The van der Waals surface area contributed by atoms with Crippen molar-refractivity contribution in [3.05, 3.63) is 47.6 Å². The third kappa shape index (κ3) is 13.6. The van der Waals surface area contributed by atoms with Gasteiger partial charge in [-0.15, -0.1) is 0 Å². The maximum absolute atomic E-state index is 14.2. The zero-order valence-electron chi connectivity index (χ0n) is 39.9. The van der Waals surface area contributed by atoms with E-state index in [4.69, 9.17) is 23.7 Å².